The van der Waals surface area contributed by atoms with Gasteiger partial charge in [0.15, 0.2) is 11.2 Å². The summed E-state index contributed by atoms with van der Waals surface area (Å²) in [5, 5.41) is 6.49. The largest absolute Gasteiger partial charge is 0.477 e. The van der Waals surface area contributed by atoms with Gasteiger partial charge in [0, 0.05) is 19.5 Å². The molecule has 142 valence electrons. The Hall–Kier alpha value is -2.35. The molecule has 1 aromatic carbocycles. The summed E-state index contributed by atoms with van der Waals surface area (Å²) < 4.78 is 10.5. The van der Waals surface area contributed by atoms with E-state index in [-0.39, 0.29) is 11.9 Å². The zero-order valence-corrected chi connectivity index (χ0v) is 15.9. The van der Waals surface area contributed by atoms with Crippen molar-refractivity contribution >= 4 is 34.9 Å². The molecule has 0 saturated heterocycles. The monoisotopic (exact) mass is 379 g/mol. The van der Waals surface area contributed by atoms with Crippen molar-refractivity contribution < 1.29 is 19.1 Å². The number of benzene rings is 1. The molecule has 1 unspecified atom stereocenters. The first kappa shape index (κ1) is 20.0. The van der Waals surface area contributed by atoms with E-state index < -0.39 is 6.10 Å². The number of nitrogens with zero attached hydrogens (tertiary/aromatic N) is 1. The molecule has 0 bridgehead atoms. The van der Waals surface area contributed by atoms with Crippen LogP contribution in [0.25, 0.3) is 0 Å². The fraction of sp³-hybridized carbons (Fsp3) is 0.500. The van der Waals surface area contributed by atoms with Crippen LogP contribution in [0.3, 0.4) is 0 Å². The average molecular weight is 379 g/mol. The summed E-state index contributed by atoms with van der Waals surface area (Å²) in [5.41, 5.74) is 0.817. The van der Waals surface area contributed by atoms with Gasteiger partial charge in [0.05, 0.1) is 19.3 Å². The van der Waals surface area contributed by atoms with Crippen molar-refractivity contribution in [3.63, 3.8) is 0 Å². The first-order chi connectivity index (χ1) is 12.6. The maximum Gasteiger partial charge on any atom is 0.305 e. The third-order valence-corrected chi connectivity index (χ3v) is 4.29. The predicted molar refractivity (Wildman–Crippen MR) is 103 cm³/mol. The number of hydrogen-bond donors (Lipinski definition) is 2. The smallest absolute Gasteiger partial charge is 0.305 e. The predicted octanol–water partition coefficient (Wildman–Crippen LogP) is 1.61. The molecular weight excluding hydrogens is 354 g/mol. The van der Waals surface area contributed by atoms with Gasteiger partial charge in [0.25, 0.3) is 5.91 Å². The third kappa shape index (κ3) is 5.32. The molecule has 0 aromatic heterocycles. The van der Waals surface area contributed by atoms with Crippen LogP contribution >= 0.6 is 12.2 Å². The zero-order valence-electron chi connectivity index (χ0n) is 15.1. The molecule has 26 heavy (non-hydrogen) atoms. The Labute approximate surface area is 159 Å². The van der Waals surface area contributed by atoms with Gasteiger partial charge >= 0.3 is 5.97 Å². The molecule has 0 aliphatic carbocycles. The van der Waals surface area contributed by atoms with Crippen LogP contribution in [0.4, 0.5) is 5.69 Å². The highest BCUT2D eigenvalue weighted by molar-refractivity contribution is 7.80. The van der Waals surface area contributed by atoms with E-state index in [9.17, 15) is 9.59 Å². The molecule has 1 aromatic rings. The Morgan fingerprint density at radius 2 is 2.08 bits per heavy atom. The lowest BCUT2D eigenvalue weighted by atomic mass is 10.2. The van der Waals surface area contributed by atoms with Crippen LogP contribution in [0.2, 0.25) is 0 Å². The van der Waals surface area contributed by atoms with Gasteiger partial charge in [-0.2, -0.15) is 0 Å². The molecule has 1 aliphatic rings. The highest BCUT2D eigenvalue weighted by atomic mass is 32.1. The van der Waals surface area contributed by atoms with Crippen LogP contribution in [-0.2, 0) is 14.3 Å². The molecule has 0 fully saturated rings. The van der Waals surface area contributed by atoms with Gasteiger partial charge in [-0.05, 0) is 37.2 Å². The second-order valence-corrected chi connectivity index (χ2v) is 6.27. The number of anilines is 1. The molecule has 0 saturated carbocycles. The summed E-state index contributed by atoms with van der Waals surface area (Å²) in [6.45, 7) is 3.48. The lowest BCUT2D eigenvalue weighted by Gasteiger charge is -2.35. The minimum atomic E-state index is -0.633. The van der Waals surface area contributed by atoms with Gasteiger partial charge in [-0.1, -0.05) is 19.1 Å². The number of methoxy groups -OCH3 is 1. The van der Waals surface area contributed by atoms with Crippen molar-refractivity contribution in [2.24, 2.45) is 0 Å². The number of nitrogens with one attached hydrogen (secondary N) is 2. The zero-order chi connectivity index (χ0) is 18.9. The standard InChI is InChI=1S/C18H25N3O4S/c1-3-10-19-17(23)15-12-21(13-7-4-5-8-14(13)25-15)18(26)20-11-6-9-16(22)24-2/h4-5,7-8,15H,3,6,9-12H2,1-2H3,(H,19,23)(H,20,26). The molecule has 1 amide bonds. The molecule has 1 heterocycles. The number of amides is 1. The fourth-order valence-electron chi connectivity index (χ4n) is 2.55. The van der Waals surface area contributed by atoms with Crippen molar-refractivity contribution in [3.8, 4) is 5.75 Å². The summed E-state index contributed by atoms with van der Waals surface area (Å²) in [7, 11) is 1.37. The van der Waals surface area contributed by atoms with Gasteiger partial charge in [-0.25, -0.2) is 0 Å². The summed E-state index contributed by atoms with van der Waals surface area (Å²) >= 11 is 5.50. The normalized spacial score (nSPS) is 15.5. The van der Waals surface area contributed by atoms with Gasteiger partial charge in [0.1, 0.15) is 5.75 Å². The van der Waals surface area contributed by atoms with E-state index in [1.54, 1.807) is 0 Å². The topological polar surface area (TPSA) is 79.9 Å². The molecule has 2 N–H and O–H groups in total. The second kappa shape index (κ2) is 9.96. The maximum absolute atomic E-state index is 12.3. The van der Waals surface area contributed by atoms with Crippen molar-refractivity contribution in [2.45, 2.75) is 32.3 Å². The van der Waals surface area contributed by atoms with Crippen LogP contribution in [-0.4, -0.2) is 49.8 Å². The molecule has 0 radical (unpaired) electrons. The van der Waals surface area contributed by atoms with Gasteiger partial charge in [0.2, 0.25) is 0 Å². The molecular formula is C18H25N3O4S. The van der Waals surface area contributed by atoms with Crippen LogP contribution in [0.1, 0.15) is 26.2 Å². The first-order valence-electron chi connectivity index (χ1n) is 8.72. The Balaban J connectivity index is 2.01. The lowest BCUT2D eigenvalue weighted by Crippen LogP contribution is -2.53. The van der Waals surface area contributed by atoms with Gasteiger partial charge < -0.3 is 25.0 Å². The molecule has 1 atom stereocenters. The molecule has 0 spiro atoms. The van der Waals surface area contributed by atoms with Crippen molar-refractivity contribution in [2.75, 3.05) is 31.6 Å². The minimum Gasteiger partial charge on any atom is -0.477 e. The quantitative estimate of drug-likeness (QED) is 0.423. The maximum atomic E-state index is 12.3. The summed E-state index contributed by atoms with van der Waals surface area (Å²) in [6.07, 6.45) is 1.16. The third-order valence-electron chi connectivity index (χ3n) is 3.92. The Kier molecular flexibility index (Phi) is 7.65. The Morgan fingerprint density at radius 1 is 1.31 bits per heavy atom. The number of esters is 1. The first-order valence-corrected chi connectivity index (χ1v) is 9.13. The van der Waals surface area contributed by atoms with E-state index >= 15 is 0 Å². The summed E-state index contributed by atoms with van der Waals surface area (Å²) in [4.78, 5) is 25.4. The highest BCUT2D eigenvalue weighted by Gasteiger charge is 2.32. The number of ether oxygens (including phenoxy) is 2. The van der Waals surface area contributed by atoms with E-state index in [1.807, 2.05) is 36.1 Å². The Bertz CT molecular complexity index is 653. The summed E-state index contributed by atoms with van der Waals surface area (Å²) in [6, 6.07) is 7.47. The van der Waals surface area contributed by atoms with Crippen LogP contribution in [0.5, 0.6) is 5.75 Å². The molecule has 1 aliphatic heterocycles. The number of carbonyl (C=O) groups excluding carboxylic acids is 2. The lowest BCUT2D eigenvalue weighted by molar-refractivity contribution is -0.140. The molecule has 2 rings (SSSR count). The van der Waals surface area contributed by atoms with Gasteiger partial charge in [-0.3, -0.25) is 9.59 Å². The van der Waals surface area contributed by atoms with E-state index in [0.29, 0.717) is 43.3 Å². The van der Waals surface area contributed by atoms with Gasteiger partial charge in [-0.15, -0.1) is 0 Å². The Morgan fingerprint density at radius 3 is 2.81 bits per heavy atom. The second-order valence-electron chi connectivity index (χ2n) is 5.89. The van der Waals surface area contributed by atoms with Crippen molar-refractivity contribution in [1.82, 2.24) is 10.6 Å². The number of thiocarbonyl (C=S) groups is 1. The van der Waals surface area contributed by atoms with Crippen molar-refractivity contribution in [1.29, 1.82) is 0 Å². The molecule has 8 heteroatoms. The number of hydrogen-bond acceptors (Lipinski definition) is 5. The van der Waals surface area contributed by atoms with E-state index in [0.717, 1.165) is 12.1 Å². The summed E-state index contributed by atoms with van der Waals surface area (Å²) in [5.74, 6) is 0.219. The van der Waals surface area contributed by atoms with E-state index in [1.165, 1.54) is 7.11 Å². The van der Waals surface area contributed by atoms with Crippen molar-refractivity contribution in [3.05, 3.63) is 24.3 Å². The minimum absolute atomic E-state index is 0.153. The number of rotatable bonds is 7. The number of fused-ring (bicyclic) bond motifs is 1. The number of carbonyl (C=O) groups is 2. The number of para-hydroxylation sites is 2. The van der Waals surface area contributed by atoms with E-state index in [4.69, 9.17) is 17.0 Å². The van der Waals surface area contributed by atoms with E-state index in [2.05, 4.69) is 15.4 Å². The van der Waals surface area contributed by atoms with Crippen LogP contribution < -0.4 is 20.3 Å². The highest BCUT2D eigenvalue weighted by Crippen LogP contribution is 2.33. The SMILES string of the molecule is CCCNC(=O)C1CN(C(=S)NCCCC(=O)OC)c2ccccc2O1. The van der Waals surface area contributed by atoms with Crippen LogP contribution in [0.15, 0.2) is 24.3 Å². The van der Waals surface area contributed by atoms with Crippen LogP contribution in [0, 0.1) is 0 Å². The molecule has 7 nitrogen and oxygen atoms in total. The average Bonchev–Trinajstić information content (AvgIpc) is 2.67. The fourth-order valence-corrected chi connectivity index (χ4v) is 2.83.